The fourth-order valence-electron chi connectivity index (χ4n) is 0. The standard InChI is InChI=1S/5C3H6O2.Ta/c5*1-3(5)2-4;/h5*2-3,5H,1H3;. The minimum absolute atomic E-state index is 0. The smallest absolute Gasteiger partial charge is 0.148 e. The van der Waals surface area contributed by atoms with Gasteiger partial charge in [0.15, 0.2) is 0 Å². The monoisotopic (exact) mass is 551 g/mol. The molecule has 0 aliphatic heterocycles. The predicted octanol–water partition coefficient (Wildman–Crippen LogP) is -2.17. The first-order valence-electron chi connectivity index (χ1n) is 7.02. The van der Waals surface area contributed by atoms with E-state index in [9.17, 15) is 24.0 Å². The number of aliphatic hydroxyl groups is 5. The van der Waals surface area contributed by atoms with Gasteiger partial charge in [-0.15, -0.1) is 0 Å². The van der Waals surface area contributed by atoms with Gasteiger partial charge in [-0.3, -0.25) is 0 Å². The normalized spacial score (nSPS) is 13.5. The van der Waals surface area contributed by atoms with Crippen molar-refractivity contribution in [3.63, 3.8) is 0 Å². The number of hydrogen-bond acceptors (Lipinski definition) is 10. The summed E-state index contributed by atoms with van der Waals surface area (Å²) in [6, 6.07) is 0. The van der Waals surface area contributed by atoms with Crippen LogP contribution >= 0.6 is 0 Å². The molecule has 5 atom stereocenters. The van der Waals surface area contributed by atoms with Crippen molar-refractivity contribution in [2.75, 3.05) is 0 Å². The van der Waals surface area contributed by atoms with Gasteiger partial charge < -0.3 is 49.5 Å². The number of aldehydes is 5. The first-order valence-corrected chi connectivity index (χ1v) is 7.02. The van der Waals surface area contributed by atoms with E-state index < -0.39 is 30.5 Å². The van der Waals surface area contributed by atoms with Gasteiger partial charge in [0.1, 0.15) is 62.0 Å². The average molecular weight is 551 g/mol. The Balaban J connectivity index is -0.0000000476. The number of aliphatic hydroxyl groups excluding tert-OH is 5. The minimum Gasteiger partial charge on any atom is -0.386 e. The second-order valence-corrected chi connectivity index (χ2v) is 4.38. The van der Waals surface area contributed by atoms with E-state index in [1.54, 1.807) is 0 Å². The Kier molecular flexibility index (Phi) is 53.7. The van der Waals surface area contributed by atoms with Crippen LogP contribution in [-0.2, 0) is 46.4 Å². The van der Waals surface area contributed by atoms with Crippen molar-refractivity contribution in [2.24, 2.45) is 0 Å². The van der Waals surface area contributed by atoms with Crippen LogP contribution in [0.25, 0.3) is 0 Å². The van der Waals surface area contributed by atoms with Gasteiger partial charge in [0.05, 0.1) is 0 Å². The summed E-state index contributed by atoms with van der Waals surface area (Å²) in [5, 5.41) is 40.0. The number of carbonyl (C=O) groups is 5. The van der Waals surface area contributed by atoms with Gasteiger partial charge >= 0.3 is 0 Å². The van der Waals surface area contributed by atoms with E-state index in [4.69, 9.17) is 25.5 Å². The molecule has 11 heteroatoms. The van der Waals surface area contributed by atoms with Crippen LogP contribution < -0.4 is 0 Å². The fourth-order valence-corrected chi connectivity index (χ4v) is 0. The van der Waals surface area contributed by atoms with Crippen LogP contribution in [0.1, 0.15) is 34.6 Å². The molecule has 0 rings (SSSR count). The first kappa shape index (κ1) is 39.8. The van der Waals surface area contributed by atoms with E-state index in [0.29, 0.717) is 31.4 Å². The van der Waals surface area contributed by atoms with Crippen LogP contribution in [0.2, 0.25) is 0 Å². The second-order valence-electron chi connectivity index (χ2n) is 4.38. The molecule has 0 aromatic heterocycles. The van der Waals surface area contributed by atoms with Crippen LogP contribution in [0.4, 0.5) is 0 Å². The topological polar surface area (TPSA) is 186 Å². The Morgan fingerprint density at radius 3 is 0.462 bits per heavy atom. The summed E-state index contributed by atoms with van der Waals surface area (Å²) in [4.78, 5) is 46.3. The summed E-state index contributed by atoms with van der Waals surface area (Å²) in [5.41, 5.74) is 0. The SMILES string of the molecule is CC(O)C=O.CC(O)C=O.CC(O)C=O.CC(O)C=O.CC(O)C=O.[Ta]. The predicted molar refractivity (Wildman–Crippen MR) is 88.7 cm³/mol. The van der Waals surface area contributed by atoms with Crippen molar-refractivity contribution < 1.29 is 71.9 Å². The van der Waals surface area contributed by atoms with Crippen molar-refractivity contribution in [2.45, 2.75) is 65.1 Å². The van der Waals surface area contributed by atoms with E-state index in [-0.39, 0.29) is 22.4 Å². The van der Waals surface area contributed by atoms with Crippen LogP contribution in [0, 0.1) is 0 Å². The first-order chi connectivity index (χ1) is 11.4. The van der Waals surface area contributed by atoms with Crippen molar-refractivity contribution in [1.82, 2.24) is 0 Å². The Hall–Kier alpha value is -1.11. The number of rotatable bonds is 5. The molecule has 0 aromatic rings. The summed E-state index contributed by atoms with van der Waals surface area (Å²) < 4.78 is 0. The summed E-state index contributed by atoms with van der Waals surface area (Å²) in [6.07, 6.45) is -1.62. The summed E-state index contributed by atoms with van der Waals surface area (Å²) in [6.45, 7) is 7.05. The molecule has 26 heavy (non-hydrogen) atoms. The molecule has 10 nitrogen and oxygen atoms in total. The zero-order valence-corrected chi connectivity index (χ0v) is 18.7. The number of hydrogen-bond donors (Lipinski definition) is 5. The van der Waals surface area contributed by atoms with E-state index in [2.05, 4.69) is 0 Å². The van der Waals surface area contributed by atoms with E-state index in [1.165, 1.54) is 34.6 Å². The molecule has 0 aliphatic rings. The molecule has 155 valence electrons. The van der Waals surface area contributed by atoms with Gasteiger partial charge in [0, 0.05) is 22.4 Å². The molecule has 0 amide bonds. The van der Waals surface area contributed by atoms with Gasteiger partial charge in [-0.25, -0.2) is 0 Å². The third-order valence-corrected chi connectivity index (χ3v) is 0.985. The van der Waals surface area contributed by atoms with Crippen molar-refractivity contribution in [1.29, 1.82) is 0 Å². The molecular weight excluding hydrogens is 521 g/mol. The molecule has 0 saturated carbocycles. The molecule has 0 heterocycles. The maximum Gasteiger partial charge on any atom is 0.148 e. The van der Waals surface area contributed by atoms with Crippen LogP contribution in [-0.4, -0.2) is 87.5 Å². The van der Waals surface area contributed by atoms with Crippen LogP contribution in [0.5, 0.6) is 0 Å². The van der Waals surface area contributed by atoms with Gasteiger partial charge in [-0.2, -0.15) is 0 Å². The maximum atomic E-state index is 9.25. The fraction of sp³-hybridized carbons (Fsp3) is 0.667. The average Bonchev–Trinajstić information content (AvgIpc) is 2.56. The minimum atomic E-state index is -0.796. The molecule has 5 unspecified atom stereocenters. The number of carbonyl (C=O) groups excluding carboxylic acids is 5. The van der Waals surface area contributed by atoms with Gasteiger partial charge in [0.2, 0.25) is 0 Å². The zero-order chi connectivity index (χ0) is 21.4. The van der Waals surface area contributed by atoms with Crippen LogP contribution in [0.3, 0.4) is 0 Å². The second kappa shape index (κ2) is 35.1. The maximum absolute atomic E-state index is 9.25. The molecule has 0 aliphatic carbocycles. The van der Waals surface area contributed by atoms with Gasteiger partial charge in [0.25, 0.3) is 0 Å². The Labute approximate surface area is 168 Å². The molecule has 5 N–H and O–H groups in total. The van der Waals surface area contributed by atoms with Gasteiger partial charge in [-0.1, -0.05) is 0 Å². The summed E-state index contributed by atoms with van der Waals surface area (Å²) >= 11 is 0. The Morgan fingerprint density at radius 1 is 0.423 bits per heavy atom. The molecule has 0 bridgehead atoms. The Bertz CT molecular complexity index is 235. The summed E-state index contributed by atoms with van der Waals surface area (Å²) in [5.74, 6) is 0. The summed E-state index contributed by atoms with van der Waals surface area (Å²) in [7, 11) is 0. The van der Waals surface area contributed by atoms with Gasteiger partial charge in [-0.05, 0) is 34.6 Å². The van der Waals surface area contributed by atoms with Crippen LogP contribution in [0.15, 0.2) is 0 Å². The Morgan fingerprint density at radius 2 is 0.462 bits per heavy atom. The van der Waals surface area contributed by atoms with Crippen molar-refractivity contribution >= 4 is 31.4 Å². The van der Waals surface area contributed by atoms with E-state index in [0.717, 1.165) is 0 Å². The largest absolute Gasteiger partial charge is 0.386 e. The van der Waals surface area contributed by atoms with Crippen molar-refractivity contribution in [3.8, 4) is 0 Å². The molecule has 0 spiro atoms. The van der Waals surface area contributed by atoms with E-state index >= 15 is 0 Å². The quantitative estimate of drug-likeness (QED) is 0.236. The van der Waals surface area contributed by atoms with Crippen molar-refractivity contribution in [3.05, 3.63) is 0 Å². The molecule has 1 radical (unpaired) electrons. The molecule has 0 aromatic carbocycles. The molecular formula is C15H30O10Ta. The third kappa shape index (κ3) is 139. The molecule has 0 saturated heterocycles. The molecule has 0 fully saturated rings. The zero-order valence-electron chi connectivity index (χ0n) is 15.5. The third-order valence-electron chi connectivity index (χ3n) is 0.985. The van der Waals surface area contributed by atoms with E-state index in [1.807, 2.05) is 0 Å².